The summed E-state index contributed by atoms with van der Waals surface area (Å²) in [6.45, 7) is 4.16. The van der Waals surface area contributed by atoms with Gasteiger partial charge in [0.05, 0.1) is 0 Å². The van der Waals surface area contributed by atoms with Crippen molar-refractivity contribution in [2.45, 2.75) is 19.5 Å². The minimum absolute atomic E-state index is 0.0663. The van der Waals surface area contributed by atoms with Crippen molar-refractivity contribution in [3.63, 3.8) is 0 Å². The van der Waals surface area contributed by atoms with Gasteiger partial charge >= 0.3 is 0 Å². The van der Waals surface area contributed by atoms with E-state index in [0.717, 1.165) is 24.3 Å². The van der Waals surface area contributed by atoms with Crippen LogP contribution in [0.15, 0.2) is 18.2 Å². The van der Waals surface area contributed by atoms with Crippen LogP contribution >= 0.6 is 11.6 Å². The molecule has 1 aliphatic heterocycles. The van der Waals surface area contributed by atoms with Crippen LogP contribution in [0.3, 0.4) is 0 Å². The summed E-state index contributed by atoms with van der Waals surface area (Å²) in [4.78, 5) is 13.8. The van der Waals surface area contributed by atoms with Gasteiger partial charge in [-0.3, -0.25) is 4.79 Å². The second-order valence-corrected chi connectivity index (χ2v) is 4.90. The maximum Gasteiger partial charge on any atom is 0.242 e. The second kappa shape index (κ2) is 5.59. The molecule has 1 heterocycles. The van der Waals surface area contributed by atoms with E-state index in [-0.39, 0.29) is 11.9 Å². The summed E-state index contributed by atoms with van der Waals surface area (Å²) >= 11 is 6.07. The van der Waals surface area contributed by atoms with Crippen LogP contribution in [-0.2, 0) is 11.3 Å². The Balaban J connectivity index is 2.35. The van der Waals surface area contributed by atoms with Crippen molar-refractivity contribution in [3.8, 4) is 0 Å². The lowest BCUT2D eigenvalue weighted by Crippen LogP contribution is -2.54. The van der Waals surface area contributed by atoms with Gasteiger partial charge in [-0.1, -0.05) is 17.7 Å². The molecule has 1 aliphatic rings. The Labute approximate surface area is 112 Å². The van der Waals surface area contributed by atoms with Gasteiger partial charge in [-0.2, -0.15) is 0 Å². The van der Waals surface area contributed by atoms with Gasteiger partial charge in [-0.05, 0) is 31.7 Å². The number of anilines is 1. The molecule has 4 nitrogen and oxygen atoms in total. The molecule has 1 atom stereocenters. The van der Waals surface area contributed by atoms with Crippen molar-refractivity contribution in [1.29, 1.82) is 0 Å². The lowest BCUT2D eigenvalue weighted by atomic mass is 10.1. The predicted octanol–water partition coefficient (Wildman–Crippen LogP) is 1.38. The number of piperazine rings is 1. The maximum atomic E-state index is 11.7. The summed E-state index contributed by atoms with van der Waals surface area (Å²) in [5.41, 5.74) is 2.20. The topological polar surface area (TPSA) is 44.4 Å². The van der Waals surface area contributed by atoms with Crippen LogP contribution in [-0.4, -0.2) is 32.1 Å². The van der Waals surface area contributed by atoms with Crippen molar-refractivity contribution in [2.75, 3.05) is 25.0 Å². The van der Waals surface area contributed by atoms with Crippen molar-refractivity contribution in [3.05, 3.63) is 28.8 Å². The highest BCUT2D eigenvalue weighted by Crippen LogP contribution is 2.27. The Bertz CT molecular complexity index is 450. The Morgan fingerprint density at radius 1 is 1.56 bits per heavy atom. The van der Waals surface area contributed by atoms with E-state index < -0.39 is 0 Å². The quantitative estimate of drug-likeness (QED) is 0.870. The molecule has 0 saturated carbocycles. The molecule has 1 aromatic rings. The Morgan fingerprint density at radius 3 is 3.06 bits per heavy atom. The van der Waals surface area contributed by atoms with E-state index in [1.54, 1.807) is 0 Å². The van der Waals surface area contributed by atoms with E-state index >= 15 is 0 Å². The SMILES string of the molecule is CNCc1ccc(Cl)cc1N1CCNC(=O)C1C. The Morgan fingerprint density at radius 2 is 2.33 bits per heavy atom. The predicted molar refractivity (Wildman–Crippen MR) is 74.0 cm³/mol. The molecule has 1 saturated heterocycles. The van der Waals surface area contributed by atoms with Crippen molar-refractivity contribution in [2.24, 2.45) is 0 Å². The van der Waals surface area contributed by atoms with E-state index in [1.807, 2.05) is 32.2 Å². The molecule has 1 amide bonds. The van der Waals surface area contributed by atoms with Crippen LogP contribution in [0.5, 0.6) is 0 Å². The van der Waals surface area contributed by atoms with E-state index in [2.05, 4.69) is 15.5 Å². The molecule has 0 radical (unpaired) electrons. The largest absolute Gasteiger partial charge is 0.358 e. The minimum Gasteiger partial charge on any atom is -0.358 e. The average Bonchev–Trinajstić information content (AvgIpc) is 2.35. The van der Waals surface area contributed by atoms with E-state index in [0.29, 0.717) is 11.6 Å². The van der Waals surface area contributed by atoms with Gasteiger partial charge in [-0.15, -0.1) is 0 Å². The minimum atomic E-state index is -0.159. The summed E-state index contributed by atoms with van der Waals surface area (Å²) in [5.74, 6) is 0.0663. The average molecular weight is 268 g/mol. The highest BCUT2D eigenvalue weighted by molar-refractivity contribution is 6.30. The van der Waals surface area contributed by atoms with E-state index in [1.165, 1.54) is 0 Å². The number of rotatable bonds is 3. The highest BCUT2D eigenvalue weighted by atomic mass is 35.5. The zero-order valence-corrected chi connectivity index (χ0v) is 11.4. The summed E-state index contributed by atoms with van der Waals surface area (Å²) in [6.07, 6.45) is 0. The van der Waals surface area contributed by atoms with Crippen LogP contribution < -0.4 is 15.5 Å². The van der Waals surface area contributed by atoms with Crippen molar-refractivity contribution < 1.29 is 4.79 Å². The van der Waals surface area contributed by atoms with Crippen LogP contribution in [0.1, 0.15) is 12.5 Å². The standard InChI is InChI=1S/C13H18ClN3O/c1-9-13(18)16-5-6-17(9)12-7-11(14)4-3-10(12)8-15-2/h3-4,7,9,15H,5-6,8H2,1-2H3,(H,16,18). The molecule has 98 valence electrons. The number of hydrogen-bond donors (Lipinski definition) is 2. The third-order valence-electron chi connectivity index (χ3n) is 3.22. The number of benzene rings is 1. The van der Waals surface area contributed by atoms with Crippen LogP contribution in [0.4, 0.5) is 5.69 Å². The molecule has 0 aromatic heterocycles. The first-order chi connectivity index (χ1) is 8.63. The molecule has 2 N–H and O–H groups in total. The van der Waals surface area contributed by atoms with Gasteiger partial charge in [0.2, 0.25) is 5.91 Å². The number of carbonyl (C=O) groups excluding carboxylic acids is 1. The van der Waals surface area contributed by atoms with Gasteiger partial charge < -0.3 is 15.5 Å². The fourth-order valence-corrected chi connectivity index (χ4v) is 2.42. The zero-order valence-electron chi connectivity index (χ0n) is 10.7. The first-order valence-electron chi connectivity index (χ1n) is 6.11. The molecule has 1 aromatic carbocycles. The van der Waals surface area contributed by atoms with Crippen LogP contribution in [0, 0.1) is 0 Å². The molecule has 1 unspecified atom stereocenters. The molecule has 5 heteroatoms. The van der Waals surface area contributed by atoms with Crippen LogP contribution in [0.25, 0.3) is 0 Å². The lowest BCUT2D eigenvalue weighted by Gasteiger charge is -2.36. The van der Waals surface area contributed by atoms with E-state index in [4.69, 9.17) is 11.6 Å². The summed E-state index contributed by atoms with van der Waals surface area (Å²) in [5, 5.41) is 6.70. The summed E-state index contributed by atoms with van der Waals surface area (Å²) in [6, 6.07) is 5.66. The van der Waals surface area contributed by atoms with Gasteiger partial charge in [0.15, 0.2) is 0 Å². The van der Waals surface area contributed by atoms with Gasteiger partial charge in [-0.25, -0.2) is 0 Å². The number of carbonyl (C=O) groups is 1. The fourth-order valence-electron chi connectivity index (χ4n) is 2.26. The fraction of sp³-hybridized carbons (Fsp3) is 0.462. The molecule has 1 fully saturated rings. The highest BCUT2D eigenvalue weighted by Gasteiger charge is 2.26. The molecule has 0 aliphatic carbocycles. The first-order valence-corrected chi connectivity index (χ1v) is 6.48. The third kappa shape index (κ3) is 2.60. The number of nitrogens with zero attached hydrogens (tertiary/aromatic N) is 1. The monoisotopic (exact) mass is 267 g/mol. The number of nitrogens with one attached hydrogen (secondary N) is 2. The molecular formula is C13H18ClN3O. The molecular weight excluding hydrogens is 250 g/mol. The molecule has 0 spiro atoms. The maximum absolute atomic E-state index is 11.7. The molecule has 18 heavy (non-hydrogen) atoms. The smallest absolute Gasteiger partial charge is 0.242 e. The second-order valence-electron chi connectivity index (χ2n) is 4.46. The van der Waals surface area contributed by atoms with Crippen molar-refractivity contribution >= 4 is 23.2 Å². The molecule has 0 bridgehead atoms. The number of hydrogen-bond acceptors (Lipinski definition) is 3. The van der Waals surface area contributed by atoms with Gasteiger partial charge in [0.25, 0.3) is 0 Å². The summed E-state index contributed by atoms with van der Waals surface area (Å²) in [7, 11) is 1.91. The van der Waals surface area contributed by atoms with Gasteiger partial charge in [0.1, 0.15) is 6.04 Å². The Kier molecular flexibility index (Phi) is 4.09. The Hall–Kier alpha value is -1.26. The summed E-state index contributed by atoms with van der Waals surface area (Å²) < 4.78 is 0. The molecule has 2 rings (SSSR count). The number of halogens is 1. The zero-order chi connectivity index (χ0) is 13.1. The van der Waals surface area contributed by atoms with Gasteiger partial charge in [0, 0.05) is 30.3 Å². The number of amides is 1. The van der Waals surface area contributed by atoms with E-state index in [9.17, 15) is 4.79 Å². The third-order valence-corrected chi connectivity index (χ3v) is 3.46. The first kappa shape index (κ1) is 13.2. The lowest BCUT2D eigenvalue weighted by molar-refractivity contribution is -0.122. The van der Waals surface area contributed by atoms with Crippen molar-refractivity contribution in [1.82, 2.24) is 10.6 Å². The normalized spacial score (nSPS) is 19.8. The van der Waals surface area contributed by atoms with Crippen LogP contribution in [0.2, 0.25) is 5.02 Å².